The molecule has 0 atom stereocenters. The van der Waals surface area contributed by atoms with Crippen LogP contribution in [0.4, 0.5) is 4.79 Å². The summed E-state index contributed by atoms with van der Waals surface area (Å²) in [5.41, 5.74) is 4.60. The van der Waals surface area contributed by atoms with Crippen molar-refractivity contribution >= 4 is 41.2 Å². The van der Waals surface area contributed by atoms with E-state index in [0.29, 0.717) is 0 Å². The second-order valence-corrected chi connectivity index (χ2v) is 7.05. The van der Waals surface area contributed by atoms with E-state index in [1.54, 1.807) is 19.9 Å². The molecular formula is C16H20N4O4S. The van der Waals surface area contributed by atoms with Gasteiger partial charge in [0.2, 0.25) is 5.91 Å². The molecule has 3 N–H and O–H groups in total. The van der Waals surface area contributed by atoms with Crippen LogP contribution in [0.15, 0.2) is 17.5 Å². The van der Waals surface area contributed by atoms with Gasteiger partial charge in [0.1, 0.15) is 5.54 Å². The van der Waals surface area contributed by atoms with E-state index in [1.165, 1.54) is 17.4 Å². The third-order valence-electron chi connectivity index (χ3n) is 3.62. The predicted octanol–water partition coefficient (Wildman–Crippen LogP) is 0.938. The van der Waals surface area contributed by atoms with Crippen molar-refractivity contribution in [2.75, 3.05) is 6.54 Å². The fourth-order valence-corrected chi connectivity index (χ4v) is 3.00. The second kappa shape index (κ2) is 7.47. The molecule has 0 bridgehead atoms. The molecule has 1 aromatic heterocycles. The van der Waals surface area contributed by atoms with Gasteiger partial charge >= 0.3 is 6.03 Å². The first-order valence-corrected chi connectivity index (χ1v) is 8.54. The Morgan fingerprint density at radius 3 is 2.60 bits per heavy atom. The lowest BCUT2D eigenvalue weighted by Crippen LogP contribution is -2.43. The number of carbonyl (C=O) groups is 4. The zero-order valence-corrected chi connectivity index (χ0v) is 15.0. The van der Waals surface area contributed by atoms with Crippen molar-refractivity contribution in [2.24, 2.45) is 0 Å². The summed E-state index contributed by atoms with van der Waals surface area (Å²) in [7, 11) is 0. The van der Waals surface area contributed by atoms with Crippen molar-refractivity contribution in [1.29, 1.82) is 0 Å². The largest absolute Gasteiger partial charge is 0.325 e. The van der Waals surface area contributed by atoms with Crippen molar-refractivity contribution in [1.82, 2.24) is 21.1 Å². The van der Waals surface area contributed by atoms with Crippen LogP contribution in [0, 0.1) is 6.92 Å². The zero-order chi connectivity index (χ0) is 18.6. The summed E-state index contributed by atoms with van der Waals surface area (Å²) in [6, 6.07) is 1.42. The molecule has 1 aliphatic rings. The first-order valence-electron chi connectivity index (χ1n) is 7.66. The highest BCUT2D eigenvalue weighted by molar-refractivity contribution is 7.11. The van der Waals surface area contributed by atoms with E-state index < -0.39 is 23.4 Å². The van der Waals surface area contributed by atoms with Gasteiger partial charge in [-0.25, -0.2) is 4.79 Å². The molecular weight excluding hydrogens is 344 g/mol. The summed E-state index contributed by atoms with van der Waals surface area (Å²) >= 11 is 1.51. The van der Waals surface area contributed by atoms with Crippen LogP contribution in [0.3, 0.4) is 0 Å². The summed E-state index contributed by atoms with van der Waals surface area (Å²) in [6.45, 7) is 5.07. The van der Waals surface area contributed by atoms with Gasteiger partial charge in [-0.15, -0.1) is 11.3 Å². The second-order valence-electron chi connectivity index (χ2n) is 6.10. The number of rotatable bonds is 5. The molecule has 25 heavy (non-hydrogen) atoms. The Morgan fingerprint density at radius 2 is 2.04 bits per heavy atom. The Bertz CT molecular complexity index is 738. The van der Waals surface area contributed by atoms with Crippen molar-refractivity contribution in [2.45, 2.75) is 32.7 Å². The molecule has 2 rings (SSSR count). The van der Waals surface area contributed by atoms with Gasteiger partial charge in [0.05, 0.1) is 0 Å². The van der Waals surface area contributed by atoms with Gasteiger partial charge in [-0.3, -0.25) is 30.1 Å². The molecule has 0 aromatic carbocycles. The summed E-state index contributed by atoms with van der Waals surface area (Å²) < 4.78 is 0. The number of nitrogens with zero attached hydrogens (tertiary/aromatic N) is 1. The number of hydrogen-bond acceptors (Lipinski definition) is 5. The van der Waals surface area contributed by atoms with E-state index in [9.17, 15) is 19.2 Å². The molecule has 1 fully saturated rings. The maximum Gasteiger partial charge on any atom is 0.325 e. The highest BCUT2D eigenvalue weighted by Gasteiger charge is 2.43. The van der Waals surface area contributed by atoms with Crippen LogP contribution >= 0.6 is 11.3 Å². The predicted molar refractivity (Wildman–Crippen MR) is 93.3 cm³/mol. The van der Waals surface area contributed by atoms with Crippen LogP contribution in [0.1, 0.15) is 30.7 Å². The fraction of sp³-hybridized carbons (Fsp3) is 0.375. The molecule has 9 heteroatoms. The van der Waals surface area contributed by atoms with Crippen LogP contribution < -0.4 is 16.2 Å². The molecule has 0 aliphatic carbocycles. The van der Waals surface area contributed by atoms with Gasteiger partial charge in [0, 0.05) is 23.9 Å². The smallest absolute Gasteiger partial charge is 0.324 e. The summed E-state index contributed by atoms with van der Waals surface area (Å²) in [6.07, 6.45) is 2.87. The van der Waals surface area contributed by atoms with E-state index >= 15 is 0 Å². The molecule has 2 heterocycles. The van der Waals surface area contributed by atoms with Crippen molar-refractivity contribution in [3.63, 3.8) is 0 Å². The molecule has 134 valence electrons. The Hall–Kier alpha value is -2.68. The number of hydrazine groups is 1. The number of urea groups is 1. The highest BCUT2D eigenvalue weighted by atomic mass is 32.1. The van der Waals surface area contributed by atoms with Gasteiger partial charge in [0.25, 0.3) is 11.8 Å². The van der Waals surface area contributed by atoms with Crippen LogP contribution in [-0.4, -0.2) is 40.7 Å². The maximum atomic E-state index is 12.0. The van der Waals surface area contributed by atoms with Gasteiger partial charge in [-0.2, -0.15) is 0 Å². The Labute approximate surface area is 149 Å². The molecule has 0 unspecified atom stereocenters. The number of thiophene rings is 1. The van der Waals surface area contributed by atoms with E-state index in [2.05, 4.69) is 16.2 Å². The molecule has 0 spiro atoms. The van der Waals surface area contributed by atoms with Crippen molar-refractivity contribution in [3.8, 4) is 0 Å². The van der Waals surface area contributed by atoms with Crippen molar-refractivity contribution in [3.05, 3.63) is 28.0 Å². The Balaban J connectivity index is 1.75. The van der Waals surface area contributed by atoms with Crippen LogP contribution in [0.25, 0.3) is 6.08 Å². The van der Waals surface area contributed by atoms with Gasteiger partial charge in [0.15, 0.2) is 0 Å². The van der Waals surface area contributed by atoms with E-state index in [0.717, 1.165) is 15.3 Å². The van der Waals surface area contributed by atoms with Crippen molar-refractivity contribution < 1.29 is 19.2 Å². The minimum Gasteiger partial charge on any atom is -0.324 e. The van der Waals surface area contributed by atoms with Crippen LogP contribution in [0.2, 0.25) is 0 Å². The minimum atomic E-state index is -0.966. The minimum absolute atomic E-state index is 0.0555. The fourth-order valence-electron chi connectivity index (χ4n) is 2.18. The van der Waals surface area contributed by atoms with Gasteiger partial charge in [-0.1, -0.05) is 0 Å². The number of amides is 5. The average Bonchev–Trinajstić information content (AvgIpc) is 3.03. The number of imide groups is 1. The lowest BCUT2D eigenvalue weighted by Gasteiger charge is -2.15. The standard InChI is InChI=1S/C16H20N4O4S/c1-10-7-9-25-11(10)4-5-12(21)18-19-13(22)6-8-20-14(23)16(2,3)17-15(20)24/h4-5,7,9H,6,8H2,1-3H3,(H,17,24)(H,18,21)(H,19,22)/b5-4+. The zero-order valence-electron chi connectivity index (χ0n) is 14.2. The Kier molecular flexibility index (Phi) is 5.58. The van der Waals surface area contributed by atoms with E-state index in [1.807, 2.05) is 18.4 Å². The maximum absolute atomic E-state index is 12.0. The van der Waals surface area contributed by atoms with Crippen LogP contribution in [0.5, 0.6) is 0 Å². The van der Waals surface area contributed by atoms with Crippen LogP contribution in [-0.2, 0) is 14.4 Å². The van der Waals surface area contributed by atoms with E-state index in [-0.39, 0.29) is 18.9 Å². The lowest BCUT2D eigenvalue weighted by molar-refractivity contribution is -0.131. The topological polar surface area (TPSA) is 108 Å². The average molecular weight is 364 g/mol. The monoisotopic (exact) mass is 364 g/mol. The summed E-state index contributed by atoms with van der Waals surface area (Å²) in [5, 5.41) is 4.45. The normalized spacial score (nSPS) is 16.2. The molecule has 8 nitrogen and oxygen atoms in total. The Morgan fingerprint density at radius 1 is 1.32 bits per heavy atom. The number of aryl methyl sites for hydroxylation is 1. The van der Waals surface area contributed by atoms with Gasteiger partial charge in [-0.05, 0) is 43.9 Å². The first-order chi connectivity index (χ1) is 11.7. The highest BCUT2D eigenvalue weighted by Crippen LogP contribution is 2.17. The molecule has 1 saturated heterocycles. The quantitative estimate of drug-likeness (QED) is 0.410. The molecule has 0 radical (unpaired) electrons. The number of nitrogens with one attached hydrogen (secondary N) is 3. The SMILES string of the molecule is Cc1ccsc1/C=C/C(=O)NNC(=O)CCN1C(=O)NC(C)(C)C1=O. The summed E-state index contributed by atoms with van der Waals surface area (Å²) in [4.78, 5) is 49.0. The number of carbonyl (C=O) groups excluding carboxylic acids is 4. The third-order valence-corrected chi connectivity index (χ3v) is 4.60. The lowest BCUT2D eigenvalue weighted by atomic mass is 10.1. The molecule has 0 saturated carbocycles. The molecule has 1 aliphatic heterocycles. The summed E-state index contributed by atoms with van der Waals surface area (Å²) in [5.74, 6) is -1.36. The first kappa shape index (κ1) is 18.7. The van der Waals surface area contributed by atoms with Gasteiger partial charge < -0.3 is 5.32 Å². The third kappa shape index (κ3) is 4.66. The molecule has 5 amide bonds. The molecule has 1 aromatic rings. The van der Waals surface area contributed by atoms with E-state index in [4.69, 9.17) is 0 Å². The number of hydrogen-bond donors (Lipinski definition) is 3.